The highest BCUT2D eigenvalue weighted by Gasteiger charge is 2.25. The molecule has 1 aliphatic carbocycles. The third kappa shape index (κ3) is 4.26. The van der Waals surface area contributed by atoms with Crippen molar-refractivity contribution < 1.29 is 9.53 Å². The van der Waals surface area contributed by atoms with E-state index >= 15 is 0 Å². The molecule has 0 atom stereocenters. The molecule has 1 aromatic carbocycles. The number of aromatic nitrogens is 1. The second kappa shape index (κ2) is 7.89. The van der Waals surface area contributed by atoms with Gasteiger partial charge in [-0.15, -0.1) is 11.3 Å². The van der Waals surface area contributed by atoms with E-state index in [4.69, 9.17) is 4.74 Å². The summed E-state index contributed by atoms with van der Waals surface area (Å²) < 4.78 is 6.12. The minimum absolute atomic E-state index is 0.0364. The Kier molecular flexibility index (Phi) is 5.34. The lowest BCUT2D eigenvalue weighted by molar-refractivity contribution is 0.115. The number of anilines is 1. The predicted molar refractivity (Wildman–Crippen MR) is 109 cm³/mol. The van der Waals surface area contributed by atoms with E-state index in [0.717, 1.165) is 36.6 Å². The highest BCUT2D eigenvalue weighted by molar-refractivity contribution is 7.15. The molecule has 2 heterocycles. The minimum atomic E-state index is -0.0364. The average Bonchev–Trinajstić information content (AvgIpc) is 3.07. The molecule has 2 amide bonds. The molecule has 6 heteroatoms. The Morgan fingerprint density at radius 3 is 2.70 bits per heavy atom. The fourth-order valence-corrected chi connectivity index (χ4v) is 4.77. The normalized spacial score (nSPS) is 17.5. The number of aryl methyl sites for hydroxylation is 4. The molecule has 0 spiro atoms. The first-order valence-corrected chi connectivity index (χ1v) is 10.7. The zero-order chi connectivity index (χ0) is 18.8. The quantitative estimate of drug-likeness (QED) is 0.832. The Labute approximate surface area is 164 Å². The minimum Gasteiger partial charge on any atom is -0.490 e. The van der Waals surface area contributed by atoms with Crippen molar-refractivity contribution in [1.82, 2.24) is 9.88 Å². The van der Waals surface area contributed by atoms with E-state index in [0.29, 0.717) is 13.1 Å². The second-order valence-electron chi connectivity index (χ2n) is 7.58. The molecule has 4 rings (SSSR count). The van der Waals surface area contributed by atoms with Crippen LogP contribution in [0.1, 0.15) is 47.4 Å². The lowest BCUT2D eigenvalue weighted by atomic mass is 10.0. The number of fused-ring (bicyclic) bond motifs is 1. The number of hydrogen-bond acceptors (Lipinski definition) is 4. The number of benzene rings is 1. The van der Waals surface area contributed by atoms with E-state index < -0.39 is 0 Å². The Morgan fingerprint density at radius 2 is 1.96 bits per heavy atom. The summed E-state index contributed by atoms with van der Waals surface area (Å²) >= 11 is 1.64. The van der Waals surface area contributed by atoms with Crippen molar-refractivity contribution in [2.24, 2.45) is 0 Å². The summed E-state index contributed by atoms with van der Waals surface area (Å²) in [6, 6.07) is 6.19. The van der Waals surface area contributed by atoms with Gasteiger partial charge in [-0.3, -0.25) is 5.32 Å². The number of amides is 2. The van der Waals surface area contributed by atoms with Gasteiger partial charge in [0, 0.05) is 30.8 Å². The third-order valence-electron chi connectivity index (χ3n) is 5.57. The second-order valence-corrected chi connectivity index (χ2v) is 8.66. The van der Waals surface area contributed by atoms with E-state index in [1.165, 1.54) is 34.5 Å². The van der Waals surface area contributed by atoms with Gasteiger partial charge in [0.25, 0.3) is 0 Å². The largest absolute Gasteiger partial charge is 0.490 e. The molecule has 2 aromatic rings. The molecule has 144 valence electrons. The number of piperidine rings is 1. The van der Waals surface area contributed by atoms with Crippen LogP contribution in [0.15, 0.2) is 18.2 Å². The van der Waals surface area contributed by atoms with Gasteiger partial charge in [0.2, 0.25) is 0 Å². The molecule has 1 fully saturated rings. The first-order valence-electron chi connectivity index (χ1n) is 9.87. The van der Waals surface area contributed by atoms with Crippen LogP contribution in [0.3, 0.4) is 0 Å². The fraction of sp³-hybridized carbons (Fsp3) is 0.524. The van der Waals surface area contributed by atoms with Gasteiger partial charge >= 0.3 is 6.03 Å². The maximum absolute atomic E-state index is 12.6. The third-order valence-corrected chi connectivity index (χ3v) is 6.64. The van der Waals surface area contributed by atoms with Crippen molar-refractivity contribution >= 4 is 22.5 Å². The summed E-state index contributed by atoms with van der Waals surface area (Å²) in [4.78, 5) is 20.4. The van der Waals surface area contributed by atoms with Gasteiger partial charge in [-0.25, -0.2) is 9.78 Å². The topological polar surface area (TPSA) is 54.5 Å². The Bertz CT molecular complexity index is 801. The van der Waals surface area contributed by atoms with Gasteiger partial charge in [0.05, 0.1) is 5.69 Å². The molecule has 1 saturated heterocycles. The van der Waals surface area contributed by atoms with Crippen molar-refractivity contribution in [3.8, 4) is 5.75 Å². The smallest absolute Gasteiger partial charge is 0.323 e. The number of urea groups is 1. The summed E-state index contributed by atoms with van der Waals surface area (Å²) in [7, 11) is 0. The van der Waals surface area contributed by atoms with Crippen molar-refractivity contribution in [3.05, 3.63) is 39.9 Å². The van der Waals surface area contributed by atoms with Gasteiger partial charge in [0.1, 0.15) is 11.9 Å². The van der Waals surface area contributed by atoms with Crippen LogP contribution in [0.5, 0.6) is 5.75 Å². The lowest BCUT2D eigenvalue weighted by Crippen LogP contribution is -2.43. The number of nitrogens with zero attached hydrogens (tertiary/aromatic N) is 2. The number of likely N-dealkylation sites (tertiary alicyclic amines) is 1. The SMILES string of the molecule is Cc1ccc(OC2CCN(C(=O)Nc3nc4c(s3)CCCC4)CC2)cc1C. The first-order chi connectivity index (χ1) is 13.1. The van der Waals surface area contributed by atoms with Gasteiger partial charge < -0.3 is 9.64 Å². The first kappa shape index (κ1) is 18.3. The van der Waals surface area contributed by atoms with Crippen LogP contribution in [-0.2, 0) is 12.8 Å². The molecule has 1 N–H and O–H groups in total. The van der Waals surface area contributed by atoms with Crippen molar-refractivity contribution in [1.29, 1.82) is 0 Å². The van der Waals surface area contributed by atoms with E-state index in [1.54, 1.807) is 11.3 Å². The van der Waals surface area contributed by atoms with E-state index in [9.17, 15) is 4.79 Å². The number of nitrogens with one attached hydrogen (secondary N) is 1. The van der Waals surface area contributed by atoms with Gasteiger partial charge in [0.15, 0.2) is 5.13 Å². The van der Waals surface area contributed by atoms with Crippen molar-refractivity contribution in [2.45, 2.75) is 58.5 Å². The molecule has 0 radical (unpaired) electrons. The zero-order valence-corrected chi connectivity index (χ0v) is 16.9. The number of thiazole rings is 1. The standard InChI is InChI=1S/C21H27N3O2S/c1-14-7-8-17(13-15(14)2)26-16-9-11-24(12-10-16)21(25)23-20-22-18-5-3-4-6-19(18)27-20/h7-8,13,16H,3-6,9-12H2,1-2H3,(H,22,23,25). The molecule has 0 saturated carbocycles. The van der Waals surface area contributed by atoms with E-state index in [1.807, 2.05) is 11.0 Å². The summed E-state index contributed by atoms with van der Waals surface area (Å²) in [6.45, 7) is 5.64. The van der Waals surface area contributed by atoms with Crippen LogP contribution in [0, 0.1) is 13.8 Å². The number of carbonyl (C=O) groups is 1. The van der Waals surface area contributed by atoms with Crippen LogP contribution in [0.4, 0.5) is 9.93 Å². The van der Waals surface area contributed by atoms with Crippen LogP contribution in [0.2, 0.25) is 0 Å². The predicted octanol–water partition coefficient (Wildman–Crippen LogP) is 4.71. The molecule has 0 bridgehead atoms. The van der Waals surface area contributed by atoms with Crippen LogP contribution in [-0.4, -0.2) is 35.1 Å². The van der Waals surface area contributed by atoms with E-state index in [2.05, 4.69) is 36.3 Å². The Balaban J connectivity index is 1.28. The average molecular weight is 386 g/mol. The summed E-state index contributed by atoms with van der Waals surface area (Å²) in [5, 5.41) is 3.75. The highest BCUT2D eigenvalue weighted by atomic mass is 32.1. The molecular weight excluding hydrogens is 358 g/mol. The highest BCUT2D eigenvalue weighted by Crippen LogP contribution is 2.30. The van der Waals surface area contributed by atoms with Crippen LogP contribution in [0.25, 0.3) is 0 Å². The molecular formula is C21H27N3O2S. The fourth-order valence-electron chi connectivity index (χ4n) is 3.73. The number of hydrogen-bond donors (Lipinski definition) is 1. The molecule has 1 aromatic heterocycles. The summed E-state index contributed by atoms with van der Waals surface area (Å²) in [6.07, 6.45) is 6.47. The molecule has 27 heavy (non-hydrogen) atoms. The Morgan fingerprint density at radius 1 is 1.19 bits per heavy atom. The summed E-state index contributed by atoms with van der Waals surface area (Å²) in [5.41, 5.74) is 3.70. The monoisotopic (exact) mass is 385 g/mol. The number of rotatable bonds is 3. The molecule has 2 aliphatic rings. The Hall–Kier alpha value is -2.08. The van der Waals surface area contributed by atoms with Crippen molar-refractivity contribution in [2.75, 3.05) is 18.4 Å². The maximum Gasteiger partial charge on any atom is 0.323 e. The summed E-state index contributed by atoms with van der Waals surface area (Å²) in [5.74, 6) is 0.925. The van der Waals surface area contributed by atoms with Gasteiger partial charge in [-0.1, -0.05) is 6.07 Å². The van der Waals surface area contributed by atoms with Gasteiger partial charge in [-0.05, 0) is 62.8 Å². The molecule has 0 unspecified atom stereocenters. The van der Waals surface area contributed by atoms with E-state index in [-0.39, 0.29) is 12.1 Å². The maximum atomic E-state index is 12.6. The van der Waals surface area contributed by atoms with Gasteiger partial charge in [-0.2, -0.15) is 0 Å². The molecule has 1 aliphatic heterocycles. The zero-order valence-electron chi connectivity index (χ0n) is 16.1. The van der Waals surface area contributed by atoms with Crippen LogP contribution >= 0.6 is 11.3 Å². The number of ether oxygens (including phenoxy) is 1. The molecule has 5 nitrogen and oxygen atoms in total. The lowest BCUT2D eigenvalue weighted by Gasteiger charge is -2.32. The van der Waals surface area contributed by atoms with Crippen molar-refractivity contribution in [3.63, 3.8) is 0 Å². The number of carbonyl (C=O) groups excluding carboxylic acids is 1. The van der Waals surface area contributed by atoms with Crippen LogP contribution < -0.4 is 10.1 Å².